The first-order valence-electron chi connectivity index (χ1n) is 7.17. The Morgan fingerprint density at radius 3 is 2.38 bits per heavy atom. The quantitative estimate of drug-likeness (QED) is 0.547. The van der Waals surface area contributed by atoms with E-state index in [1.807, 2.05) is 0 Å². The van der Waals surface area contributed by atoms with Crippen LogP contribution in [-0.4, -0.2) is 37.6 Å². The summed E-state index contributed by atoms with van der Waals surface area (Å²) in [5.74, 6) is 0.846. The number of hydrogen-bond donors (Lipinski definition) is 1. The molecule has 1 unspecified atom stereocenters. The molecule has 16 heavy (non-hydrogen) atoms. The van der Waals surface area contributed by atoms with Crippen LogP contribution in [0.2, 0.25) is 0 Å². The van der Waals surface area contributed by atoms with Crippen molar-refractivity contribution in [2.45, 2.75) is 53.4 Å². The van der Waals surface area contributed by atoms with Crippen molar-refractivity contribution in [3.8, 4) is 0 Å². The summed E-state index contributed by atoms with van der Waals surface area (Å²) < 4.78 is 0. The second kappa shape index (κ2) is 11.4. The van der Waals surface area contributed by atoms with E-state index in [4.69, 9.17) is 0 Å². The third kappa shape index (κ3) is 9.17. The highest BCUT2D eigenvalue weighted by atomic mass is 15.1. The van der Waals surface area contributed by atoms with Crippen molar-refractivity contribution in [2.75, 3.05) is 32.7 Å². The second-order valence-electron chi connectivity index (χ2n) is 4.86. The molecule has 0 aromatic rings. The molecule has 2 heteroatoms. The van der Waals surface area contributed by atoms with E-state index < -0.39 is 0 Å². The van der Waals surface area contributed by atoms with Crippen LogP contribution in [0.25, 0.3) is 0 Å². The van der Waals surface area contributed by atoms with Gasteiger partial charge >= 0.3 is 0 Å². The molecular formula is C14H32N2. The smallest absolute Gasteiger partial charge is 0.000680 e. The summed E-state index contributed by atoms with van der Waals surface area (Å²) >= 11 is 0. The SMILES string of the molecule is CCCNCCCCN(CC)CC(C)CC. The molecule has 0 heterocycles. The van der Waals surface area contributed by atoms with Crippen molar-refractivity contribution in [1.82, 2.24) is 10.2 Å². The molecule has 98 valence electrons. The topological polar surface area (TPSA) is 15.3 Å². The van der Waals surface area contributed by atoms with Gasteiger partial charge < -0.3 is 10.2 Å². The van der Waals surface area contributed by atoms with Gasteiger partial charge in [-0.1, -0.05) is 34.1 Å². The molecule has 0 aromatic carbocycles. The maximum absolute atomic E-state index is 3.46. The van der Waals surface area contributed by atoms with Crippen LogP contribution in [0.4, 0.5) is 0 Å². The molecule has 0 saturated carbocycles. The molecule has 0 aliphatic carbocycles. The molecule has 0 spiro atoms. The van der Waals surface area contributed by atoms with E-state index in [2.05, 4.69) is 37.9 Å². The number of unbranched alkanes of at least 4 members (excludes halogenated alkanes) is 1. The first-order chi connectivity index (χ1) is 7.74. The van der Waals surface area contributed by atoms with Crippen molar-refractivity contribution in [2.24, 2.45) is 5.92 Å². The summed E-state index contributed by atoms with van der Waals surface area (Å²) in [6, 6.07) is 0. The van der Waals surface area contributed by atoms with Crippen molar-refractivity contribution < 1.29 is 0 Å². The Morgan fingerprint density at radius 2 is 1.81 bits per heavy atom. The second-order valence-corrected chi connectivity index (χ2v) is 4.86. The minimum atomic E-state index is 0.846. The first kappa shape index (κ1) is 15.9. The lowest BCUT2D eigenvalue weighted by Crippen LogP contribution is -2.29. The van der Waals surface area contributed by atoms with Crippen LogP contribution < -0.4 is 5.32 Å². The highest BCUT2D eigenvalue weighted by molar-refractivity contribution is 4.61. The van der Waals surface area contributed by atoms with Crippen LogP contribution in [0, 0.1) is 5.92 Å². The predicted octanol–water partition coefficient (Wildman–Crippen LogP) is 3.13. The van der Waals surface area contributed by atoms with E-state index in [0.29, 0.717) is 0 Å². The van der Waals surface area contributed by atoms with Gasteiger partial charge in [-0.3, -0.25) is 0 Å². The van der Waals surface area contributed by atoms with Crippen LogP contribution in [0.1, 0.15) is 53.4 Å². The minimum Gasteiger partial charge on any atom is -0.317 e. The standard InChI is InChI=1S/C14H32N2/c1-5-10-15-11-8-9-12-16(7-3)13-14(4)6-2/h14-15H,5-13H2,1-4H3. The number of nitrogens with zero attached hydrogens (tertiary/aromatic N) is 1. The summed E-state index contributed by atoms with van der Waals surface area (Å²) in [6.07, 6.45) is 5.20. The molecule has 1 atom stereocenters. The number of nitrogens with one attached hydrogen (secondary N) is 1. The minimum absolute atomic E-state index is 0.846. The molecule has 0 aliphatic heterocycles. The molecule has 0 bridgehead atoms. The monoisotopic (exact) mass is 228 g/mol. The largest absolute Gasteiger partial charge is 0.317 e. The maximum Gasteiger partial charge on any atom is 0.000680 e. The highest BCUT2D eigenvalue weighted by Crippen LogP contribution is 2.05. The third-order valence-electron chi connectivity index (χ3n) is 3.22. The Hall–Kier alpha value is -0.0800. The average molecular weight is 228 g/mol. The summed E-state index contributed by atoms with van der Waals surface area (Å²) in [4.78, 5) is 2.59. The lowest BCUT2D eigenvalue weighted by molar-refractivity contribution is 0.241. The zero-order valence-electron chi connectivity index (χ0n) is 11.9. The molecule has 0 fully saturated rings. The molecule has 1 N–H and O–H groups in total. The lowest BCUT2D eigenvalue weighted by Gasteiger charge is -2.23. The summed E-state index contributed by atoms with van der Waals surface area (Å²) in [5, 5.41) is 3.46. The first-order valence-corrected chi connectivity index (χ1v) is 7.17. The molecular weight excluding hydrogens is 196 g/mol. The molecule has 0 aromatic heterocycles. The van der Waals surface area contributed by atoms with E-state index in [9.17, 15) is 0 Å². The van der Waals surface area contributed by atoms with E-state index in [0.717, 1.165) is 5.92 Å². The van der Waals surface area contributed by atoms with Gasteiger partial charge in [0.1, 0.15) is 0 Å². The van der Waals surface area contributed by atoms with Gasteiger partial charge in [-0.15, -0.1) is 0 Å². The van der Waals surface area contributed by atoms with Gasteiger partial charge in [-0.25, -0.2) is 0 Å². The fraction of sp³-hybridized carbons (Fsp3) is 1.00. The van der Waals surface area contributed by atoms with Crippen molar-refractivity contribution >= 4 is 0 Å². The van der Waals surface area contributed by atoms with E-state index >= 15 is 0 Å². The molecule has 0 radical (unpaired) electrons. The number of hydrogen-bond acceptors (Lipinski definition) is 2. The number of rotatable bonds is 11. The Kier molecular flexibility index (Phi) is 11.3. The van der Waals surface area contributed by atoms with E-state index in [1.54, 1.807) is 0 Å². The van der Waals surface area contributed by atoms with E-state index in [-0.39, 0.29) is 0 Å². The van der Waals surface area contributed by atoms with Crippen molar-refractivity contribution in [3.63, 3.8) is 0 Å². The summed E-state index contributed by atoms with van der Waals surface area (Å²) in [5.41, 5.74) is 0. The normalized spacial score (nSPS) is 13.3. The predicted molar refractivity (Wildman–Crippen MR) is 74.0 cm³/mol. The third-order valence-corrected chi connectivity index (χ3v) is 3.22. The Labute approximate surface area is 103 Å². The van der Waals surface area contributed by atoms with Gasteiger partial charge in [-0.05, 0) is 51.4 Å². The van der Waals surface area contributed by atoms with Crippen molar-refractivity contribution in [3.05, 3.63) is 0 Å². The molecule has 0 rings (SSSR count). The Bertz CT molecular complexity index is 137. The van der Waals surface area contributed by atoms with Crippen LogP contribution in [0.3, 0.4) is 0 Å². The Morgan fingerprint density at radius 1 is 1.06 bits per heavy atom. The summed E-state index contributed by atoms with van der Waals surface area (Å²) in [6.45, 7) is 15.2. The molecule has 0 aliphatic rings. The molecule has 0 saturated heterocycles. The molecule has 0 amide bonds. The molecule has 2 nitrogen and oxygen atoms in total. The van der Waals surface area contributed by atoms with Gasteiger partial charge in [0.05, 0.1) is 0 Å². The zero-order chi connectivity index (χ0) is 12.2. The van der Waals surface area contributed by atoms with Crippen LogP contribution in [0.5, 0.6) is 0 Å². The highest BCUT2D eigenvalue weighted by Gasteiger charge is 2.06. The van der Waals surface area contributed by atoms with Crippen molar-refractivity contribution in [1.29, 1.82) is 0 Å². The van der Waals surface area contributed by atoms with Gasteiger partial charge in [0.15, 0.2) is 0 Å². The van der Waals surface area contributed by atoms with Gasteiger partial charge in [-0.2, -0.15) is 0 Å². The van der Waals surface area contributed by atoms with Crippen LogP contribution in [-0.2, 0) is 0 Å². The van der Waals surface area contributed by atoms with Gasteiger partial charge in [0, 0.05) is 6.54 Å². The summed E-state index contributed by atoms with van der Waals surface area (Å²) in [7, 11) is 0. The fourth-order valence-corrected chi connectivity index (χ4v) is 1.84. The maximum atomic E-state index is 3.46. The zero-order valence-corrected chi connectivity index (χ0v) is 11.9. The van der Waals surface area contributed by atoms with Crippen LogP contribution in [0.15, 0.2) is 0 Å². The van der Waals surface area contributed by atoms with Gasteiger partial charge in [0.2, 0.25) is 0 Å². The van der Waals surface area contributed by atoms with Crippen LogP contribution >= 0.6 is 0 Å². The lowest BCUT2D eigenvalue weighted by atomic mass is 10.1. The van der Waals surface area contributed by atoms with Gasteiger partial charge in [0.25, 0.3) is 0 Å². The Balaban J connectivity index is 3.40. The fourth-order valence-electron chi connectivity index (χ4n) is 1.84. The average Bonchev–Trinajstić information content (AvgIpc) is 2.31. The van der Waals surface area contributed by atoms with E-state index in [1.165, 1.54) is 58.4 Å².